The number of alkyl halides is 3. The molecule has 0 aliphatic rings. The molecule has 2 rings (SSSR count). The van der Waals surface area contributed by atoms with Crippen LogP contribution in [-0.2, 0) is 6.18 Å². The average molecular weight is 291 g/mol. The van der Waals surface area contributed by atoms with Gasteiger partial charge in [-0.15, -0.1) is 0 Å². The Hall–Kier alpha value is -2.23. The smallest absolute Gasteiger partial charge is 0.371 e. The highest BCUT2D eigenvalue weighted by atomic mass is 19.4. The van der Waals surface area contributed by atoms with Crippen LogP contribution in [0.15, 0.2) is 60.7 Å². The summed E-state index contributed by atoms with van der Waals surface area (Å²) in [4.78, 5) is 2.06. The number of hydrogen-bond donors (Lipinski definition) is 0. The van der Waals surface area contributed by atoms with Crippen LogP contribution in [0.5, 0.6) is 0 Å². The molecule has 0 aromatic heterocycles. The molecule has 2 aromatic carbocycles. The fourth-order valence-corrected chi connectivity index (χ4v) is 1.92. The van der Waals surface area contributed by atoms with E-state index < -0.39 is 11.7 Å². The zero-order valence-corrected chi connectivity index (χ0v) is 11.6. The van der Waals surface area contributed by atoms with E-state index in [1.165, 1.54) is 12.1 Å². The van der Waals surface area contributed by atoms with Crippen LogP contribution in [0.4, 0.5) is 18.9 Å². The van der Waals surface area contributed by atoms with Crippen molar-refractivity contribution in [1.82, 2.24) is 0 Å². The molecule has 2 aromatic rings. The Morgan fingerprint density at radius 1 is 0.952 bits per heavy atom. The third kappa shape index (κ3) is 4.38. The maximum absolute atomic E-state index is 12.4. The first-order valence-corrected chi connectivity index (χ1v) is 6.57. The van der Waals surface area contributed by atoms with Gasteiger partial charge in [0.05, 0.1) is 5.56 Å². The van der Waals surface area contributed by atoms with Crippen molar-refractivity contribution in [3.8, 4) is 0 Å². The Labute approximate surface area is 122 Å². The van der Waals surface area contributed by atoms with Gasteiger partial charge in [-0.05, 0) is 29.8 Å². The van der Waals surface area contributed by atoms with Crippen molar-refractivity contribution in [2.24, 2.45) is 0 Å². The number of halogens is 3. The lowest BCUT2D eigenvalue weighted by Crippen LogP contribution is -2.16. The Bertz CT molecular complexity index is 586. The second-order valence-corrected chi connectivity index (χ2v) is 4.74. The summed E-state index contributed by atoms with van der Waals surface area (Å²) in [7, 11) is 1.96. The van der Waals surface area contributed by atoms with Crippen LogP contribution in [0.2, 0.25) is 0 Å². The SMILES string of the molecule is CN(C/C=C/c1ccc(C(F)(F)F)cc1)c1ccccc1. The highest BCUT2D eigenvalue weighted by Gasteiger charge is 2.29. The van der Waals surface area contributed by atoms with E-state index in [1.54, 1.807) is 0 Å². The van der Waals surface area contributed by atoms with E-state index in [9.17, 15) is 13.2 Å². The molecule has 0 aliphatic carbocycles. The maximum Gasteiger partial charge on any atom is 0.416 e. The lowest BCUT2D eigenvalue weighted by atomic mass is 10.1. The molecule has 1 nitrogen and oxygen atoms in total. The van der Waals surface area contributed by atoms with Crippen molar-refractivity contribution in [3.63, 3.8) is 0 Å². The molecule has 0 heterocycles. The van der Waals surface area contributed by atoms with Crippen LogP contribution < -0.4 is 4.90 Å². The van der Waals surface area contributed by atoms with E-state index in [-0.39, 0.29) is 0 Å². The van der Waals surface area contributed by atoms with E-state index in [2.05, 4.69) is 4.90 Å². The fraction of sp³-hybridized carbons (Fsp3) is 0.176. The number of anilines is 1. The Balaban J connectivity index is 1.96. The molecule has 4 heteroatoms. The third-order valence-corrected chi connectivity index (χ3v) is 3.12. The van der Waals surface area contributed by atoms with Crippen LogP contribution in [0.1, 0.15) is 11.1 Å². The fourth-order valence-electron chi connectivity index (χ4n) is 1.92. The summed E-state index contributed by atoms with van der Waals surface area (Å²) in [5.41, 5.74) is 1.22. The second kappa shape index (κ2) is 6.48. The first-order chi connectivity index (χ1) is 9.97. The monoisotopic (exact) mass is 291 g/mol. The summed E-state index contributed by atoms with van der Waals surface area (Å²) in [6.45, 7) is 0.686. The lowest BCUT2D eigenvalue weighted by Gasteiger charge is -2.16. The normalized spacial score (nSPS) is 11.8. The van der Waals surface area contributed by atoms with E-state index in [0.29, 0.717) is 6.54 Å². The van der Waals surface area contributed by atoms with Crippen LogP contribution >= 0.6 is 0 Å². The van der Waals surface area contributed by atoms with E-state index in [1.807, 2.05) is 49.5 Å². The van der Waals surface area contributed by atoms with Gasteiger partial charge in [0.2, 0.25) is 0 Å². The predicted octanol–water partition coefficient (Wildman–Crippen LogP) is 4.86. The van der Waals surface area contributed by atoms with Gasteiger partial charge >= 0.3 is 6.18 Å². The number of benzene rings is 2. The molecule has 0 aliphatic heterocycles. The summed E-state index contributed by atoms with van der Waals surface area (Å²) in [6, 6.07) is 15.0. The molecule has 0 spiro atoms. The highest BCUT2D eigenvalue weighted by Crippen LogP contribution is 2.29. The number of para-hydroxylation sites is 1. The Morgan fingerprint density at radius 2 is 1.57 bits per heavy atom. The molecule has 0 fully saturated rings. The van der Waals surface area contributed by atoms with Gasteiger partial charge in [-0.2, -0.15) is 13.2 Å². The summed E-state index contributed by atoms with van der Waals surface area (Å²) in [5.74, 6) is 0. The molecule has 0 bridgehead atoms. The Kier molecular flexibility index (Phi) is 4.68. The molecule has 0 saturated heterocycles. The third-order valence-electron chi connectivity index (χ3n) is 3.12. The van der Waals surface area contributed by atoms with Gasteiger partial charge in [0.1, 0.15) is 0 Å². The van der Waals surface area contributed by atoms with Crippen molar-refractivity contribution in [2.45, 2.75) is 6.18 Å². The molecule has 0 saturated carbocycles. The van der Waals surface area contributed by atoms with Crippen molar-refractivity contribution in [1.29, 1.82) is 0 Å². The molecular weight excluding hydrogens is 275 g/mol. The van der Waals surface area contributed by atoms with Crippen LogP contribution in [-0.4, -0.2) is 13.6 Å². The summed E-state index contributed by atoms with van der Waals surface area (Å²) < 4.78 is 37.3. The first-order valence-electron chi connectivity index (χ1n) is 6.57. The van der Waals surface area contributed by atoms with Crippen LogP contribution in [0.3, 0.4) is 0 Å². The van der Waals surface area contributed by atoms with Crippen molar-refractivity contribution >= 4 is 11.8 Å². The van der Waals surface area contributed by atoms with Gasteiger partial charge in [0, 0.05) is 19.3 Å². The van der Waals surface area contributed by atoms with Gasteiger partial charge in [-0.1, -0.05) is 42.5 Å². The van der Waals surface area contributed by atoms with Gasteiger partial charge in [-0.25, -0.2) is 0 Å². The average Bonchev–Trinajstić information content (AvgIpc) is 2.47. The number of rotatable bonds is 4. The minimum Gasteiger partial charge on any atom is -0.371 e. The molecule has 0 amide bonds. The number of nitrogens with zero attached hydrogens (tertiary/aromatic N) is 1. The summed E-state index contributed by atoms with van der Waals surface area (Å²) >= 11 is 0. The zero-order chi connectivity index (χ0) is 15.3. The molecule has 21 heavy (non-hydrogen) atoms. The molecule has 0 radical (unpaired) electrons. The van der Waals surface area contributed by atoms with Gasteiger partial charge in [0.25, 0.3) is 0 Å². The second-order valence-electron chi connectivity index (χ2n) is 4.74. The topological polar surface area (TPSA) is 3.24 Å². The standard InChI is InChI=1S/C17H16F3N/c1-21(16-7-3-2-4-8-16)13-5-6-14-9-11-15(12-10-14)17(18,19)20/h2-12H,13H2,1H3/b6-5+. The van der Waals surface area contributed by atoms with Gasteiger partial charge < -0.3 is 4.90 Å². The quantitative estimate of drug-likeness (QED) is 0.778. The molecule has 0 atom stereocenters. The molecule has 0 unspecified atom stereocenters. The van der Waals surface area contributed by atoms with Crippen LogP contribution in [0.25, 0.3) is 6.08 Å². The summed E-state index contributed by atoms with van der Waals surface area (Å²) in [5, 5.41) is 0. The van der Waals surface area contributed by atoms with Gasteiger partial charge in [0.15, 0.2) is 0 Å². The minimum atomic E-state index is -4.28. The number of likely N-dealkylation sites (N-methyl/N-ethyl adjacent to an activating group) is 1. The zero-order valence-electron chi connectivity index (χ0n) is 11.6. The van der Waals surface area contributed by atoms with E-state index in [0.717, 1.165) is 23.4 Å². The molecule has 110 valence electrons. The van der Waals surface area contributed by atoms with Crippen LogP contribution in [0, 0.1) is 0 Å². The Morgan fingerprint density at radius 3 is 2.14 bits per heavy atom. The predicted molar refractivity (Wildman–Crippen MR) is 80.2 cm³/mol. The minimum absolute atomic E-state index is 0.624. The number of hydrogen-bond acceptors (Lipinski definition) is 1. The lowest BCUT2D eigenvalue weighted by molar-refractivity contribution is -0.137. The first kappa shape index (κ1) is 15.2. The van der Waals surface area contributed by atoms with Gasteiger partial charge in [-0.3, -0.25) is 0 Å². The molecular formula is C17H16F3N. The largest absolute Gasteiger partial charge is 0.416 e. The summed E-state index contributed by atoms with van der Waals surface area (Å²) in [6.07, 6.45) is -0.537. The van der Waals surface area contributed by atoms with E-state index >= 15 is 0 Å². The van der Waals surface area contributed by atoms with Crippen molar-refractivity contribution < 1.29 is 13.2 Å². The maximum atomic E-state index is 12.4. The highest BCUT2D eigenvalue weighted by molar-refractivity contribution is 5.52. The molecule has 0 N–H and O–H groups in total. The van der Waals surface area contributed by atoms with Crippen molar-refractivity contribution in [2.75, 3.05) is 18.5 Å². The van der Waals surface area contributed by atoms with Crippen molar-refractivity contribution in [3.05, 3.63) is 71.8 Å². The van der Waals surface area contributed by atoms with E-state index in [4.69, 9.17) is 0 Å².